The molecule has 0 aromatic heterocycles. The number of ether oxygens (including phenoxy) is 1. The van der Waals surface area contributed by atoms with E-state index in [1.807, 2.05) is 12.1 Å². The van der Waals surface area contributed by atoms with E-state index < -0.39 is 0 Å². The molecule has 0 atom stereocenters. The van der Waals surface area contributed by atoms with Crippen molar-refractivity contribution in [2.75, 3.05) is 7.11 Å². The van der Waals surface area contributed by atoms with Crippen LogP contribution in [-0.4, -0.2) is 7.11 Å². The first-order chi connectivity index (χ1) is 9.19. The van der Waals surface area contributed by atoms with Crippen molar-refractivity contribution in [2.45, 2.75) is 13.1 Å². The van der Waals surface area contributed by atoms with E-state index in [0.717, 1.165) is 16.9 Å². The zero-order valence-electron chi connectivity index (χ0n) is 11.0. The van der Waals surface area contributed by atoms with E-state index in [1.54, 1.807) is 25.3 Å². The Hall–Kier alpha value is -1.29. The van der Waals surface area contributed by atoms with Gasteiger partial charge in [-0.2, -0.15) is 0 Å². The smallest absolute Gasteiger partial charge is 0.123 e. The van der Waals surface area contributed by atoms with Crippen LogP contribution in [0.1, 0.15) is 11.1 Å². The highest BCUT2D eigenvalue weighted by Crippen LogP contribution is 2.22. The van der Waals surface area contributed by atoms with Crippen LogP contribution in [0.3, 0.4) is 0 Å². The Kier molecular flexibility index (Phi) is 6.79. The predicted molar refractivity (Wildman–Crippen MR) is 74.9 cm³/mol. The summed E-state index contributed by atoms with van der Waals surface area (Å²) in [5, 5.41) is 3.96. The first-order valence-corrected chi connectivity index (χ1v) is 6.34. The van der Waals surface area contributed by atoms with E-state index in [1.165, 1.54) is 12.1 Å². The van der Waals surface area contributed by atoms with Gasteiger partial charge in [0.2, 0.25) is 0 Å². The molecule has 0 aliphatic rings. The fourth-order valence-electron chi connectivity index (χ4n) is 1.83. The van der Waals surface area contributed by atoms with Crippen LogP contribution >= 0.6 is 11.6 Å². The molecule has 0 bridgehead atoms. The van der Waals surface area contributed by atoms with E-state index in [4.69, 9.17) is 16.3 Å². The molecule has 0 heterocycles. The molecule has 0 fully saturated rings. The van der Waals surface area contributed by atoms with Gasteiger partial charge in [-0.1, -0.05) is 23.7 Å². The molecule has 0 unspecified atom stereocenters. The SMILES string of the molecule is COc1ccc(Cl)cc1CNCc1ccc(F)cc1.[Cl-]. The van der Waals surface area contributed by atoms with Crippen molar-refractivity contribution in [3.05, 3.63) is 64.4 Å². The van der Waals surface area contributed by atoms with Gasteiger partial charge in [0.15, 0.2) is 0 Å². The molecule has 0 spiro atoms. The summed E-state index contributed by atoms with van der Waals surface area (Å²) in [5.41, 5.74) is 2.03. The molecule has 0 aliphatic heterocycles. The van der Waals surface area contributed by atoms with Gasteiger partial charge in [0.05, 0.1) is 7.11 Å². The predicted octanol–water partition coefficient (Wildman–Crippen LogP) is 0.781. The molecule has 2 aromatic rings. The Morgan fingerprint density at radius 1 is 1.10 bits per heavy atom. The Balaban J connectivity index is 0.00000200. The van der Waals surface area contributed by atoms with E-state index >= 15 is 0 Å². The van der Waals surface area contributed by atoms with Gasteiger partial charge in [-0.3, -0.25) is 0 Å². The van der Waals surface area contributed by atoms with Gasteiger partial charge in [0.1, 0.15) is 11.6 Å². The zero-order valence-corrected chi connectivity index (χ0v) is 12.5. The van der Waals surface area contributed by atoms with E-state index in [0.29, 0.717) is 18.1 Å². The number of nitrogens with one attached hydrogen (secondary N) is 1. The third-order valence-corrected chi connectivity index (χ3v) is 3.04. The van der Waals surface area contributed by atoms with Crippen LogP contribution < -0.4 is 22.5 Å². The minimum absolute atomic E-state index is 0. The molecule has 1 N–H and O–H groups in total. The minimum Gasteiger partial charge on any atom is -1.00 e. The van der Waals surface area contributed by atoms with Crippen LogP contribution in [0, 0.1) is 5.82 Å². The molecular weight excluding hydrogens is 300 g/mol. The normalized spacial score (nSPS) is 9.95. The number of methoxy groups -OCH3 is 1. The van der Waals surface area contributed by atoms with E-state index in [9.17, 15) is 4.39 Å². The van der Waals surface area contributed by atoms with Gasteiger partial charge in [0, 0.05) is 23.7 Å². The van der Waals surface area contributed by atoms with Crippen molar-refractivity contribution < 1.29 is 21.5 Å². The molecule has 0 radical (unpaired) electrons. The summed E-state index contributed by atoms with van der Waals surface area (Å²) in [6.45, 7) is 1.30. The monoisotopic (exact) mass is 314 g/mol. The highest BCUT2D eigenvalue weighted by Gasteiger charge is 2.03. The maximum Gasteiger partial charge on any atom is 0.123 e. The van der Waals surface area contributed by atoms with Crippen LogP contribution in [-0.2, 0) is 13.1 Å². The van der Waals surface area contributed by atoms with Gasteiger partial charge >= 0.3 is 0 Å². The maximum atomic E-state index is 12.8. The topological polar surface area (TPSA) is 21.3 Å². The van der Waals surface area contributed by atoms with Crippen LogP contribution in [0.5, 0.6) is 5.75 Å². The Bertz CT molecular complexity index is 546. The van der Waals surface area contributed by atoms with Crippen molar-refractivity contribution in [1.82, 2.24) is 5.32 Å². The highest BCUT2D eigenvalue weighted by atomic mass is 35.5. The first-order valence-electron chi connectivity index (χ1n) is 5.96. The van der Waals surface area contributed by atoms with Gasteiger partial charge < -0.3 is 22.5 Å². The number of hydrogen-bond acceptors (Lipinski definition) is 2. The second-order valence-electron chi connectivity index (χ2n) is 4.19. The number of benzene rings is 2. The molecule has 2 nitrogen and oxygen atoms in total. The van der Waals surface area contributed by atoms with Gasteiger partial charge in [-0.25, -0.2) is 4.39 Å². The fraction of sp³-hybridized carbons (Fsp3) is 0.200. The van der Waals surface area contributed by atoms with Gasteiger partial charge in [0.25, 0.3) is 0 Å². The zero-order chi connectivity index (χ0) is 13.7. The van der Waals surface area contributed by atoms with E-state index in [2.05, 4.69) is 5.32 Å². The summed E-state index contributed by atoms with van der Waals surface area (Å²) in [5.74, 6) is 0.580. The molecule has 0 amide bonds. The van der Waals surface area contributed by atoms with Crippen molar-refractivity contribution in [1.29, 1.82) is 0 Å². The molecular formula is C15H15Cl2FNO-. The second-order valence-corrected chi connectivity index (χ2v) is 4.62. The van der Waals surface area contributed by atoms with Crippen LogP contribution in [0.15, 0.2) is 42.5 Å². The standard InChI is InChI=1S/C15H15ClFNO.ClH/c1-19-15-7-4-13(16)8-12(15)10-18-9-11-2-5-14(17)6-3-11;/h2-8,18H,9-10H2,1H3;1H/p-1. The number of hydrogen-bond donors (Lipinski definition) is 1. The third-order valence-electron chi connectivity index (χ3n) is 2.80. The number of rotatable bonds is 5. The van der Waals surface area contributed by atoms with Gasteiger partial charge in [-0.15, -0.1) is 0 Å². The summed E-state index contributed by atoms with van der Waals surface area (Å²) in [6.07, 6.45) is 0. The van der Waals surface area contributed by atoms with Crippen molar-refractivity contribution in [2.24, 2.45) is 0 Å². The van der Waals surface area contributed by atoms with Gasteiger partial charge in [-0.05, 0) is 35.9 Å². The Morgan fingerprint density at radius 3 is 2.45 bits per heavy atom. The van der Waals surface area contributed by atoms with Crippen molar-refractivity contribution in [3.8, 4) is 5.75 Å². The lowest BCUT2D eigenvalue weighted by Crippen LogP contribution is -3.00. The van der Waals surface area contributed by atoms with Crippen LogP contribution in [0.25, 0.3) is 0 Å². The Morgan fingerprint density at radius 2 is 1.80 bits per heavy atom. The van der Waals surface area contributed by atoms with Crippen LogP contribution in [0.4, 0.5) is 4.39 Å². The summed E-state index contributed by atoms with van der Waals surface area (Å²) in [4.78, 5) is 0. The third kappa shape index (κ3) is 4.67. The molecule has 0 saturated carbocycles. The average molecular weight is 315 g/mol. The largest absolute Gasteiger partial charge is 1.00 e. The lowest BCUT2D eigenvalue weighted by atomic mass is 10.2. The average Bonchev–Trinajstić information content (AvgIpc) is 2.41. The summed E-state index contributed by atoms with van der Waals surface area (Å²) in [6, 6.07) is 11.9. The molecule has 0 saturated heterocycles. The van der Waals surface area contributed by atoms with Crippen LogP contribution in [0.2, 0.25) is 5.02 Å². The minimum atomic E-state index is -0.222. The second kappa shape index (κ2) is 8.10. The maximum absolute atomic E-state index is 12.8. The molecule has 2 aromatic carbocycles. The molecule has 20 heavy (non-hydrogen) atoms. The molecule has 5 heteroatoms. The van der Waals surface area contributed by atoms with Crippen molar-refractivity contribution in [3.63, 3.8) is 0 Å². The quantitative estimate of drug-likeness (QED) is 0.881. The molecule has 2 rings (SSSR count). The highest BCUT2D eigenvalue weighted by molar-refractivity contribution is 6.30. The lowest BCUT2D eigenvalue weighted by Gasteiger charge is -2.10. The fourth-order valence-corrected chi connectivity index (χ4v) is 2.02. The Labute approximate surface area is 129 Å². The molecule has 0 aliphatic carbocycles. The summed E-state index contributed by atoms with van der Waals surface area (Å²) < 4.78 is 18.0. The number of halogens is 3. The summed E-state index contributed by atoms with van der Waals surface area (Å²) in [7, 11) is 1.63. The molecule has 108 valence electrons. The van der Waals surface area contributed by atoms with E-state index in [-0.39, 0.29) is 18.2 Å². The summed E-state index contributed by atoms with van der Waals surface area (Å²) >= 11 is 5.96. The lowest BCUT2D eigenvalue weighted by molar-refractivity contribution is -0.00000469. The van der Waals surface area contributed by atoms with Crippen molar-refractivity contribution >= 4 is 11.6 Å². The first kappa shape index (κ1) is 16.8.